The Morgan fingerprint density at radius 3 is 2.92 bits per heavy atom. The van der Waals surface area contributed by atoms with Crippen LogP contribution in [0.2, 0.25) is 0 Å². The van der Waals surface area contributed by atoms with Gasteiger partial charge in [-0.3, -0.25) is 4.79 Å². The lowest BCUT2D eigenvalue weighted by molar-refractivity contribution is -0.120. The summed E-state index contributed by atoms with van der Waals surface area (Å²) in [5, 5.41) is 11.8. The van der Waals surface area contributed by atoms with E-state index in [4.69, 9.17) is 5.11 Å². The number of rotatable bonds is 5. The molecule has 0 bridgehead atoms. The third kappa shape index (κ3) is 1.84. The van der Waals surface area contributed by atoms with Crippen LogP contribution in [0.15, 0.2) is 0 Å². The first kappa shape index (κ1) is 8.20. The number of hydrogen-bond acceptors (Lipinski definition) is 3. The Kier molecular flexibility index (Phi) is 2.15. The molecule has 12 heavy (non-hydrogen) atoms. The van der Waals surface area contributed by atoms with E-state index in [1.807, 2.05) is 0 Å². The van der Waals surface area contributed by atoms with E-state index in [2.05, 4.69) is 5.32 Å². The molecule has 1 heterocycles. The van der Waals surface area contributed by atoms with Crippen molar-refractivity contribution in [3.63, 3.8) is 0 Å². The quantitative estimate of drug-likeness (QED) is 0.567. The molecule has 0 aromatic heterocycles. The second-order valence-electron chi connectivity index (χ2n) is 3.89. The molecule has 1 aliphatic heterocycles. The van der Waals surface area contributed by atoms with E-state index in [1.165, 1.54) is 0 Å². The monoisotopic (exact) mass is 169 g/mol. The molecule has 2 aliphatic rings. The van der Waals surface area contributed by atoms with Crippen LogP contribution in [0.25, 0.3) is 0 Å². The minimum absolute atomic E-state index is 0.232. The molecule has 3 nitrogen and oxygen atoms in total. The normalized spacial score (nSPS) is 37.9. The zero-order chi connectivity index (χ0) is 8.55. The van der Waals surface area contributed by atoms with Crippen LogP contribution in [0.5, 0.6) is 0 Å². The van der Waals surface area contributed by atoms with Crippen molar-refractivity contribution in [2.24, 2.45) is 11.8 Å². The summed E-state index contributed by atoms with van der Waals surface area (Å²) in [5.41, 5.74) is 0. The third-order valence-electron chi connectivity index (χ3n) is 2.78. The van der Waals surface area contributed by atoms with E-state index in [0.717, 1.165) is 19.4 Å². The first-order valence-corrected chi connectivity index (χ1v) is 4.68. The van der Waals surface area contributed by atoms with Gasteiger partial charge in [0.05, 0.1) is 0 Å². The van der Waals surface area contributed by atoms with Gasteiger partial charge in [0.25, 0.3) is 0 Å². The highest BCUT2D eigenvalue weighted by atomic mass is 16.3. The maximum atomic E-state index is 11.4. The van der Waals surface area contributed by atoms with Crippen LogP contribution in [-0.2, 0) is 4.79 Å². The molecule has 2 rings (SSSR count). The summed E-state index contributed by atoms with van der Waals surface area (Å²) >= 11 is 0. The summed E-state index contributed by atoms with van der Waals surface area (Å²) in [6.45, 7) is 1.25. The van der Waals surface area contributed by atoms with Crippen molar-refractivity contribution in [2.75, 3.05) is 13.2 Å². The Bertz CT molecular complexity index is 189. The van der Waals surface area contributed by atoms with Gasteiger partial charge in [0, 0.05) is 31.5 Å². The molecule has 68 valence electrons. The average Bonchev–Trinajstić information content (AvgIpc) is 2.82. The Morgan fingerprint density at radius 2 is 2.33 bits per heavy atom. The van der Waals surface area contributed by atoms with Gasteiger partial charge < -0.3 is 10.4 Å². The number of aliphatic hydroxyl groups is 1. The van der Waals surface area contributed by atoms with Crippen LogP contribution in [0.3, 0.4) is 0 Å². The van der Waals surface area contributed by atoms with Crippen molar-refractivity contribution in [1.82, 2.24) is 5.32 Å². The van der Waals surface area contributed by atoms with Crippen molar-refractivity contribution < 1.29 is 9.90 Å². The highest BCUT2D eigenvalue weighted by Crippen LogP contribution is 2.42. The SMILES string of the molecule is O=C(C[C@H]1CN1)C1C[C@H]1CCO. The van der Waals surface area contributed by atoms with E-state index >= 15 is 0 Å². The summed E-state index contributed by atoms with van der Waals surface area (Å²) in [6, 6.07) is 0.480. The fourth-order valence-corrected chi connectivity index (χ4v) is 1.75. The molecule has 3 atom stereocenters. The van der Waals surface area contributed by atoms with Gasteiger partial charge in [-0.1, -0.05) is 0 Å². The second kappa shape index (κ2) is 3.15. The summed E-state index contributed by atoms with van der Waals surface area (Å²) in [4.78, 5) is 11.4. The van der Waals surface area contributed by atoms with Crippen LogP contribution >= 0.6 is 0 Å². The molecule has 0 aromatic rings. The molecule has 1 saturated heterocycles. The highest BCUT2D eigenvalue weighted by molar-refractivity contribution is 5.84. The lowest BCUT2D eigenvalue weighted by Gasteiger charge is -1.96. The van der Waals surface area contributed by atoms with Gasteiger partial charge >= 0.3 is 0 Å². The van der Waals surface area contributed by atoms with Gasteiger partial charge in [-0.15, -0.1) is 0 Å². The number of aliphatic hydroxyl groups excluding tert-OH is 1. The Labute approximate surface area is 72.2 Å². The Balaban J connectivity index is 1.68. The first-order valence-electron chi connectivity index (χ1n) is 4.68. The fraction of sp³-hybridized carbons (Fsp3) is 0.889. The number of ketones is 1. The summed E-state index contributed by atoms with van der Waals surface area (Å²) in [7, 11) is 0. The Morgan fingerprint density at radius 1 is 1.58 bits per heavy atom. The molecule has 0 aromatic carbocycles. The van der Waals surface area contributed by atoms with Crippen LogP contribution in [0.1, 0.15) is 19.3 Å². The minimum atomic E-state index is 0.232. The maximum absolute atomic E-state index is 11.4. The van der Waals surface area contributed by atoms with Crippen LogP contribution in [0.4, 0.5) is 0 Å². The molecule has 1 unspecified atom stereocenters. The second-order valence-corrected chi connectivity index (χ2v) is 3.89. The topological polar surface area (TPSA) is 59.2 Å². The number of Topliss-reactive ketones (excluding diaryl/α,β-unsaturated/α-hetero) is 1. The van der Waals surface area contributed by atoms with E-state index in [0.29, 0.717) is 30.1 Å². The van der Waals surface area contributed by atoms with Crippen molar-refractivity contribution in [3.05, 3.63) is 0 Å². The largest absolute Gasteiger partial charge is 0.396 e. The highest BCUT2D eigenvalue weighted by Gasteiger charge is 2.43. The molecule has 0 radical (unpaired) electrons. The zero-order valence-electron chi connectivity index (χ0n) is 7.12. The number of hydrogen-bond donors (Lipinski definition) is 2. The summed E-state index contributed by atoms with van der Waals surface area (Å²) < 4.78 is 0. The van der Waals surface area contributed by atoms with Crippen molar-refractivity contribution in [1.29, 1.82) is 0 Å². The predicted molar refractivity (Wildman–Crippen MR) is 44.7 cm³/mol. The van der Waals surface area contributed by atoms with E-state index < -0.39 is 0 Å². The standard InChI is InChI=1S/C9H15NO2/c11-2-1-6-3-8(6)9(12)4-7-5-10-7/h6-8,10-11H,1-5H2/t6-,7+,8?/m1/s1. The third-order valence-corrected chi connectivity index (χ3v) is 2.78. The lowest BCUT2D eigenvalue weighted by atomic mass is 10.1. The van der Waals surface area contributed by atoms with Crippen molar-refractivity contribution >= 4 is 5.78 Å². The van der Waals surface area contributed by atoms with E-state index in [9.17, 15) is 4.79 Å². The van der Waals surface area contributed by atoms with Crippen molar-refractivity contribution in [3.8, 4) is 0 Å². The lowest BCUT2D eigenvalue weighted by Crippen LogP contribution is -2.08. The average molecular weight is 169 g/mol. The smallest absolute Gasteiger partial charge is 0.137 e. The number of nitrogens with one attached hydrogen (secondary N) is 1. The molecule has 0 spiro atoms. The Hall–Kier alpha value is -0.410. The molecule has 2 fully saturated rings. The van der Waals surface area contributed by atoms with Gasteiger partial charge in [0.1, 0.15) is 5.78 Å². The summed E-state index contributed by atoms with van der Waals surface area (Å²) in [6.07, 6.45) is 2.55. The zero-order valence-corrected chi connectivity index (χ0v) is 7.12. The van der Waals surface area contributed by atoms with Crippen molar-refractivity contribution in [2.45, 2.75) is 25.3 Å². The summed E-state index contributed by atoms with van der Waals surface area (Å²) in [5.74, 6) is 1.20. The fourth-order valence-electron chi connectivity index (χ4n) is 1.75. The van der Waals surface area contributed by atoms with Gasteiger partial charge in [0.15, 0.2) is 0 Å². The molecule has 0 amide bonds. The minimum Gasteiger partial charge on any atom is -0.396 e. The number of carbonyl (C=O) groups is 1. The molecule has 3 heteroatoms. The molecule has 1 aliphatic carbocycles. The van der Waals surface area contributed by atoms with E-state index in [1.54, 1.807) is 0 Å². The van der Waals surface area contributed by atoms with Gasteiger partial charge in [-0.25, -0.2) is 0 Å². The van der Waals surface area contributed by atoms with E-state index in [-0.39, 0.29) is 6.61 Å². The van der Waals surface area contributed by atoms with Gasteiger partial charge in [0.2, 0.25) is 0 Å². The number of carbonyl (C=O) groups excluding carboxylic acids is 1. The molecule has 2 N–H and O–H groups in total. The molecular formula is C9H15NO2. The predicted octanol–water partition coefficient (Wildman–Crippen LogP) is -0.0641. The van der Waals surface area contributed by atoms with Gasteiger partial charge in [-0.2, -0.15) is 0 Å². The van der Waals surface area contributed by atoms with Gasteiger partial charge in [-0.05, 0) is 18.8 Å². The van der Waals surface area contributed by atoms with Crippen LogP contribution in [0, 0.1) is 11.8 Å². The maximum Gasteiger partial charge on any atom is 0.137 e. The van der Waals surface area contributed by atoms with Crippen LogP contribution in [-0.4, -0.2) is 30.1 Å². The van der Waals surface area contributed by atoms with Crippen LogP contribution < -0.4 is 5.32 Å². The first-order chi connectivity index (χ1) is 5.81. The molecular weight excluding hydrogens is 154 g/mol. The molecule has 1 saturated carbocycles.